The maximum atomic E-state index is 12.7. The lowest BCUT2D eigenvalue weighted by molar-refractivity contribution is 0.262. The average molecular weight is 272 g/mol. The second-order valence-electron chi connectivity index (χ2n) is 4.53. The predicted molar refractivity (Wildman–Crippen MR) is 79.5 cm³/mol. The smallest absolute Gasteiger partial charge is 0.308 e. The van der Waals surface area contributed by atoms with E-state index in [0.717, 1.165) is 18.5 Å². The number of benzene rings is 2. The first kappa shape index (κ1) is 14.1. The number of amides is 2. The largest absolute Gasteiger partial charge is 0.323 e. The lowest BCUT2D eigenvalue weighted by Crippen LogP contribution is -2.19. The molecule has 2 N–H and O–H groups in total. The summed E-state index contributed by atoms with van der Waals surface area (Å²) in [5.74, 6) is -0.331. The van der Waals surface area contributed by atoms with E-state index in [4.69, 9.17) is 0 Å². The van der Waals surface area contributed by atoms with Gasteiger partial charge in [-0.2, -0.15) is 0 Å². The van der Waals surface area contributed by atoms with Crippen molar-refractivity contribution < 1.29 is 9.18 Å². The Bertz CT molecular complexity index is 564. The fourth-order valence-electron chi connectivity index (χ4n) is 1.87. The molecule has 0 aliphatic heterocycles. The summed E-state index contributed by atoms with van der Waals surface area (Å²) in [7, 11) is 0. The van der Waals surface area contributed by atoms with E-state index >= 15 is 0 Å². The number of hydrogen-bond acceptors (Lipinski definition) is 1. The number of halogens is 1. The Morgan fingerprint density at radius 3 is 1.95 bits per heavy atom. The Balaban J connectivity index is 1.92. The van der Waals surface area contributed by atoms with Gasteiger partial charge in [-0.05, 0) is 48.4 Å². The molecule has 0 unspecified atom stereocenters. The van der Waals surface area contributed by atoms with E-state index in [1.165, 1.54) is 29.8 Å². The third-order valence-electron chi connectivity index (χ3n) is 2.85. The van der Waals surface area contributed by atoms with Crippen molar-refractivity contribution >= 4 is 17.4 Å². The van der Waals surface area contributed by atoms with Gasteiger partial charge in [0, 0.05) is 11.4 Å². The number of rotatable bonds is 4. The van der Waals surface area contributed by atoms with Crippen molar-refractivity contribution in [1.82, 2.24) is 0 Å². The zero-order chi connectivity index (χ0) is 14.4. The number of aryl methyl sites for hydroxylation is 1. The highest BCUT2D eigenvalue weighted by molar-refractivity contribution is 5.99. The molecule has 0 aliphatic carbocycles. The van der Waals surface area contributed by atoms with Crippen molar-refractivity contribution in [3.05, 3.63) is 59.9 Å². The molecule has 0 saturated carbocycles. The average Bonchev–Trinajstić information content (AvgIpc) is 2.44. The van der Waals surface area contributed by atoms with Crippen LogP contribution >= 0.6 is 0 Å². The Kier molecular flexibility index (Phi) is 4.71. The van der Waals surface area contributed by atoms with Crippen LogP contribution in [0.4, 0.5) is 20.6 Å². The van der Waals surface area contributed by atoms with Crippen molar-refractivity contribution in [2.45, 2.75) is 19.8 Å². The summed E-state index contributed by atoms with van der Waals surface area (Å²) >= 11 is 0. The second kappa shape index (κ2) is 6.70. The highest BCUT2D eigenvalue weighted by Gasteiger charge is 2.02. The molecule has 2 aromatic carbocycles. The van der Waals surface area contributed by atoms with E-state index in [1.807, 2.05) is 24.3 Å². The minimum Gasteiger partial charge on any atom is -0.308 e. The molecule has 2 rings (SSSR count). The van der Waals surface area contributed by atoms with Crippen LogP contribution in [0, 0.1) is 5.82 Å². The molecule has 0 saturated heterocycles. The summed E-state index contributed by atoms with van der Waals surface area (Å²) in [6, 6.07) is 13.0. The summed E-state index contributed by atoms with van der Waals surface area (Å²) in [5, 5.41) is 5.37. The molecule has 0 radical (unpaired) electrons. The molecule has 3 nitrogen and oxygen atoms in total. The standard InChI is InChI=1S/C16H17FN2O/c1-2-3-12-4-8-14(9-5-12)18-16(20)19-15-10-6-13(17)7-11-15/h4-11H,2-3H2,1H3,(H2,18,19,20). The SMILES string of the molecule is CCCc1ccc(NC(=O)Nc2ccc(F)cc2)cc1. The molecule has 0 aromatic heterocycles. The van der Waals surface area contributed by atoms with E-state index in [2.05, 4.69) is 17.6 Å². The van der Waals surface area contributed by atoms with Gasteiger partial charge in [-0.15, -0.1) is 0 Å². The van der Waals surface area contributed by atoms with E-state index in [9.17, 15) is 9.18 Å². The minimum absolute atomic E-state index is 0.331. The Morgan fingerprint density at radius 1 is 0.950 bits per heavy atom. The Labute approximate surface area is 117 Å². The molecule has 4 heteroatoms. The minimum atomic E-state index is -0.347. The highest BCUT2D eigenvalue weighted by Crippen LogP contribution is 2.12. The van der Waals surface area contributed by atoms with Crippen LogP contribution in [0.3, 0.4) is 0 Å². The van der Waals surface area contributed by atoms with E-state index < -0.39 is 0 Å². The van der Waals surface area contributed by atoms with Crippen molar-refractivity contribution in [3.63, 3.8) is 0 Å². The summed E-state index contributed by atoms with van der Waals surface area (Å²) < 4.78 is 12.7. The summed E-state index contributed by atoms with van der Waals surface area (Å²) in [4.78, 5) is 11.8. The quantitative estimate of drug-likeness (QED) is 0.849. The van der Waals surface area contributed by atoms with Gasteiger partial charge in [-0.1, -0.05) is 25.5 Å². The maximum Gasteiger partial charge on any atom is 0.323 e. The van der Waals surface area contributed by atoms with Gasteiger partial charge in [-0.25, -0.2) is 9.18 Å². The normalized spacial score (nSPS) is 10.1. The van der Waals surface area contributed by atoms with Crippen LogP contribution in [-0.2, 0) is 6.42 Å². The van der Waals surface area contributed by atoms with Gasteiger partial charge in [0.05, 0.1) is 0 Å². The molecule has 0 fully saturated rings. The second-order valence-corrected chi connectivity index (χ2v) is 4.53. The van der Waals surface area contributed by atoms with Gasteiger partial charge in [0.2, 0.25) is 0 Å². The number of carbonyl (C=O) groups is 1. The molecule has 0 atom stereocenters. The molecule has 0 heterocycles. The van der Waals surface area contributed by atoms with Crippen molar-refractivity contribution in [1.29, 1.82) is 0 Å². The maximum absolute atomic E-state index is 12.7. The van der Waals surface area contributed by atoms with Gasteiger partial charge in [-0.3, -0.25) is 0 Å². The number of carbonyl (C=O) groups excluding carboxylic acids is 1. The summed E-state index contributed by atoms with van der Waals surface area (Å²) in [5.41, 5.74) is 2.52. The van der Waals surface area contributed by atoms with Crippen LogP contribution in [-0.4, -0.2) is 6.03 Å². The molecule has 0 spiro atoms. The third-order valence-corrected chi connectivity index (χ3v) is 2.85. The van der Waals surface area contributed by atoms with Gasteiger partial charge in [0.15, 0.2) is 0 Å². The molecule has 20 heavy (non-hydrogen) atoms. The molecular formula is C16H17FN2O. The third kappa shape index (κ3) is 4.09. The zero-order valence-electron chi connectivity index (χ0n) is 11.3. The van der Waals surface area contributed by atoms with E-state index in [-0.39, 0.29) is 11.8 Å². The van der Waals surface area contributed by atoms with Crippen LogP contribution in [0.25, 0.3) is 0 Å². The van der Waals surface area contributed by atoms with Gasteiger partial charge >= 0.3 is 6.03 Å². The van der Waals surface area contributed by atoms with Gasteiger partial charge in [0.25, 0.3) is 0 Å². The van der Waals surface area contributed by atoms with E-state index in [0.29, 0.717) is 5.69 Å². The van der Waals surface area contributed by atoms with Crippen molar-refractivity contribution in [3.8, 4) is 0 Å². The Morgan fingerprint density at radius 2 is 1.45 bits per heavy atom. The molecule has 0 bridgehead atoms. The molecule has 104 valence electrons. The number of hydrogen-bond donors (Lipinski definition) is 2. The molecule has 2 aromatic rings. The van der Waals surface area contributed by atoms with Gasteiger partial charge in [0.1, 0.15) is 5.82 Å². The van der Waals surface area contributed by atoms with Crippen LogP contribution in [0.15, 0.2) is 48.5 Å². The zero-order valence-corrected chi connectivity index (χ0v) is 11.3. The summed E-state index contributed by atoms with van der Waals surface area (Å²) in [6.07, 6.45) is 2.12. The first-order chi connectivity index (χ1) is 9.67. The first-order valence-corrected chi connectivity index (χ1v) is 6.60. The fourth-order valence-corrected chi connectivity index (χ4v) is 1.87. The fraction of sp³-hybridized carbons (Fsp3) is 0.188. The Hall–Kier alpha value is -2.36. The number of anilines is 2. The van der Waals surface area contributed by atoms with E-state index in [1.54, 1.807) is 0 Å². The van der Waals surface area contributed by atoms with Crippen LogP contribution in [0.5, 0.6) is 0 Å². The molecule has 0 aliphatic rings. The van der Waals surface area contributed by atoms with Crippen molar-refractivity contribution in [2.24, 2.45) is 0 Å². The number of nitrogens with one attached hydrogen (secondary N) is 2. The highest BCUT2D eigenvalue weighted by atomic mass is 19.1. The topological polar surface area (TPSA) is 41.1 Å². The van der Waals surface area contributed by atoms with Crippen LogP contribution in [0.1, 0.15) is 18.9 Å². The molecular weight excluding hydrogens is 255 g/mol. The van der Waals surface area contributed by atoms with Crippen LogP contribution < -0.4 is 10.6 Å². The number of urea groups is 1. The lowest BCUT2D eigenvalue weighted by Gasteiger charge is -2.08. The first-order valence-electron chi connectivity index (χ1n) is 6.60. The predicted octanol–water partition coefficient (Wildman–Crippen LogP) is 4.42. The van der Waals surface area contributed by atoms with Crippen LogP contribution in [0.2, 0.25) is 0 Å². The van der Waals surface area contributed by atoms with Gasteiger partial charge < -0.3 is 10.6 Å². The summed E-state index contributed by atoms with van der Waals surface area (Å²) in [6.45, 7) is 2.13. The lowest BCUT2D eigenvalue weighted by atomic mass is 10.1. The molecule has 2 amide bonds. The monoisotopic (exact) mass is 272 g/mol. The van der Waals surface area contributed by atoms with Crippen molar-refractivity contribution in [2.75, 3.05) is 10.6 Å².